The number of rotatable bonds is 7. The van der Waals surface area contributed by atoms with Gasteiger partial charge in [-0.25, -0.2) is 0 Å². The Balaban J connectivity index is 1.81. The van der Waals surface area contributed by atoms with Gasteiger partial charge in [-0.3, -0.25) is 14.8 Å². The fourth-order valence-electron chi connectivity index (χ4n) is 2.23. The third-order valence-corrected chi connectivity index (χ3v) is 3.46. The molecule has 0 unspecified atom stereocenters. The van der Waals surface area contributed by atoms with E-state index in [1.807, 2.05) is 18.2 Å². The number of hydrogen-bond donors (Lipinski definition) is 1. The Bertz CT molecular complexity index is 612. The van der Waals surface area contributed by atoms with Crippen LogP contribution in [0.5, 0.6) is 0 Å². The van der Waals surface area contributed by atoms with Crippen molar-refractivity contribution in [3.8, 4) is 0 Å². The zero-order chi connectivity index (χ0) is 14.5. The zero-order valence-corrected chi connectivity index (χ0v) is 11.7. The van der Waals surface area contributed by atoms with E-state index in [9.17, 15) is 4.79 Å². The maximum atomic E-state index is 10.3. The van der Waals surface area contributed by atoms with Crippen molar-refractivity contribution in [2.24, 2.45) is 0 Å². The van der Waals surface area contributed by atoms with Gasteiger partial charge in [0.15, 0.2) is 0 Å². The molecule has 21 heavy (non-hydrogen) atoms. The Hall–Kier alpha value is -2.43. The first-order valence-electron chi connectivity index (χ1n) is 7.09. The predicted octanol–water partition coefficient (Wildman–Crippen LogP) is 2.81. The Kier molecular flexibility index (Phi) is 4.09. The quantitative estimate of drug-likeness (QED) is 0.625. The van der Waals surface area contributed by atoms with Crippen molar-refractivity contribution < 1.29 is 9.53 Å². The van der Waals surface area contributed by atoms with Crippen LogP contribution in [0.25, 0.3) is 0 Å². The van der Waals surface area contributed by atoms with E-state index in [4.69, 9.17) is 9.72 Å². The maximum Gasteiger partial charge on any atom is 0.293 e. The first-order valence-corrected chi connectivity index (χ1v) is 7.09. The van der Waals surface area contributed by atoms with Gasteiger partial charge in [0, 0.05) is 24.2 Å². The van der Waals surface area contributed by atoms with Crippen LogP contribution in [0.3, 0.4) is 0 Å². The van der Waals surface area contributed by atoms with Gasteiger partial charge >= 0.3 is 0 Å². The molecule has 0 spiro atoms. The van der Waals surface area contributed by atoms with E-state index < -0.39 is 0 Å². The zero-order valence-electron chi connectivity index (χ0n) is 11.7. The lowest BCUT2D eigenvalue weighted by Crippen LogP contribution is -2.05. The predicted molar refractivity (Wildman–Crippen MR) is 79.5 cm³/mol. The Labute approximate surface area is 123 Å². The van der Waals surface area contributed by atoms with Gasteiger partial charge in [-0.1, -0.05) is 0 Å². The van der Waals surface area contributed by atoms with Crippen LogP contribution in [-0.2, 0) is 16.0 Å². The number of pyridine rings is 2. The molecule has 5 heteroatoms. The molecule has 0 bridgehead atoms. The number of aromatic nitrogens is 2. The van der Waals surface area contributed by atoms with Gasteiger partial charge in [-0.2, -0.15) is 0 Å². The minimum Gasteiger partial charge on any atom is -0.467 e. The lowest BCUT2D eigenvalue weighted by atomic mass is 10.1. The van der Waals surface area contributed by atoms with Crippen LogP contribution in [-0.4, -0.2) is 23.0 Å². The van der Waals surface area contributed by atoms with Gasteiger partial charge in [0.05, 0.1) is 29.9 Å². The van der Waals surface area contributed by atoms with Crippen molar-refractivity contribution in [3.05, 3.63) is 48.0 Å². The number of ether oxygens (including phenoxy) is 1. The molecule has 2 aromatic heterocycles. The van der Waals surface area contributed by atoms with E-state index in [0.717, 1.165) is 22.8 Å². The summed E-state index contributed by atoms with van der Waals surface area (Å²) in [5.74, 6) is 0.600. The summed E-state index contributed by atoms with van der Waals surface area (Å²) in [6.45, 7) is 0.811. The van der Waals surface area contributed by atoms with Gasteiger partial charge in [0.25, 0.3) is 6.47 Å². The summed E-state index contributed by atoms with van der Waals surface area (Å²) < 4.78 is 4.80. The highest BCUT2D eigenvalue weighted by Crippen LogP contribution is 2.39. The van der Waals surface area contributed by atoms with Gasteiger partial charge < -0.3 is 10.1 Å². The summed E-state index contributed by atoms with van der Waals surface area (Å²) in [4.78, 5) is 19.1. The summed E-state index contributed by atoms with van der Waals surface area (Å²) in [6.07, 6.45) is 6.53. The smallest absolute Gasteiger partial charge is 0.293 e. The van der Waals surface area contributed by atoms with E-state index in [-0.39, 0.29) is 0 Å². The molecule has 0 radical (unpaired) electrons. The average molecular weight is 283 g/mol. The van der Waals surface area contributed by atoms with E-state index in [1.165, 1.54) is 12.8 Å². The second-order valence-corrected chi connectivity index (χ2v) is 5.09. The normalized spacial score (nSPS) is 13.7. The Morgan fingerprint density at radius 3 is 2.95 bits per heavy atom. The number of hydrogen-bond acceptors (Lipinski definition) is 5. The van der Waals surface area contributed by atoms with Crippen molar-refractivity contribution in [2.45, 2.75) is 25.2 Å². The maximum absolute atomic E-state index is 10.3. The van der Waals surface area contributed by atoms with Crippen LogP contribution in [0.2, 0.25) is 0 Å². The SMILES string of the molecule is O=COCCc1nc(C2CC2)ccc1Nc1cccnc1. The third-order valence-electron chi connectivity index (χ3n) is 3.46. The summed E-state index contributed by atoms with van der Waals surface area (Å²) in [5.41, 5.74) is 3.90. The van der Waals surface area contributed by atoms with Crippen LogP contribution in [0.4, 0.5) is 11.4 Å². The first-order chi connectivity index (χ1) is 10.4. The fraction of sp³-hybridized carbons (Fsp3) is 0.312. The molecule has 0 amide bonds. The van der Waals surface area contributed by atoms with Gasteiger partial charge in [0.2, 0.25) is 0 Å². The molecule has 1 fully saturated rings. The number of carbonyl (C=O) groups excluding carboxylic acids is 1. The molecule has 5 nitrogen and oxygen atoms in total. The minimum absolute atomic E-state index is 0.340. The van der Waals surface area contributed by atoms with E-state index >= 15 is 0 Å². The number of nitrogens with zero attached hydrogens (tertiary/aromatic N) is 2. The summed E-state index contributed by atoms with van der Waals surface area (Å²) in [5, 5.41) is 3.32. The minimum atomic E-state index is 0.340. The fourth-order valence-corrected chi connectivity index (χ4v) is 2.23. The molecule has 2 heterocycles. The second-order valence-electron chi connectivity index (χ2n) is 5.09. The molecular weight excluding hydrogens is 266 g/mol. The molecule has 3 rings (SSSR count). The van der Waals surface area contributed by atoms with E-state index in [2.05, 4.69) is 16.4 Å². The van der Waals surface area contributed by atoms with E-state index in [1.54, 1.807) is 12.4 Å². The number of carbonyl (C=O) groups is 1. The molecule has 1 aliphatic carbocycles. The summed E-state index contributed by atoms with van der Waals surface area (Å²) >= 11 is 0. The standard InChI is InChI=1S/C16H17N3O2/c20-11-21-9-7-16-15(18-13-2-1-8-17-10-13)6-5-14(19-16)12-3-4-12/h1-2,5-6,8,10-12,18H,3-4,7,9H2. The van der Waals surface area contributed by atoms with Crippen LogP contribution in [0, 0.1) is 0 Å². The summed E-state index contributed by atoms with van der Waals surface area (Å²) in [7, 11) is 0. The van der Waals surface area contributed by atoms with Crippen molar-refractivity contribution in [1.82, 2.24) is 9.97 Å². The second kappa shape index (κ2) is 6.35. The number of anilines is 2. The third kappa shape index (κ3) is 3.56. The molecule has 1 saturated carbocycles. The highest BCUT2D eigenvalue weighted by Gasteiger charge is 2.25. The lowest BCUT2D eigenvalue weighted by molar-refractivity contribution is -0.128. The van der Waals surface area contributed by atoms with Crippen LogP contribution >= 0.6 is 0 Å². The lowest BCUT2D eigenvalue weighted by Gasteiger charge is -2.12. The van der Waals surface area contributed by atoms with Crippen molar-refractivity contribution in [2.75, 3.05) is 11.9 Å². The van der Waals surface area contributed by atoms with E-state index in [0.29, 0.717) is 25.4 Å². The average Bonchev–Trinajstić information content (AvgIpc) is 3.35. The first kappa shape index (κ1) is 13.5. The Morgan fingerprint density at radius 1 is 1.33 bits per heavy atom. The van der Waals surface area contributed by atoms with Gasteiger partial charge in [-0.05, 0) is 37.1 Å². The molecule has 1 aliphatic rings. The van der Waals surface area contributed by atoms with Crippen molar-refractivity contribution in [3.63, 3.8) is 0 Å². The molecular formula is C16H17N3O2. The van der Waals surface area contributed by atoms with Crippen LogP contribution < -0.4 is 5.32 Å². The Morgan fingerprint density at radius 2 is 2.24 bits per heavy atom. The molecule has 0 aliphatic heterocycles. The largest absolute Gasteiger partial charge is 0.467 e. The van der Waals surface area contributed by atoms with Gasteiger partial charge in [-0.15, -0.1) is 0 Å². The molecule has 1 N–H and O–H groups in total. The molecule has 108 valence electrons. The van der Waals surface area contributed by atoms with Gasteiger partial charge in [0.1, 0.15) is 0 Å². The van der Waals surface area contributed by atoms with Crippen molar-refractivity contribution >= 4 is 17.8 Å². The summed E-state index contributed by atoms with van der Waals surface area (Å²) in [6, 6.07) is 7.95. The monoisotopic (exact) mass is 283 g/mol. The molecule has 2 aromatic rings. The van der Waals surface area contributed by atoms with Crippen molar-refractivity contribution in [1.29, 1.82) is 0 Å². The highest BCUT2D eigenvalue weighted by molar-refractivity contribution is 5.61. The number of nitrogens with one attached hydrogen (secondary N) is 1. The molecule has 0 atom stereocenters. The highest BCUT2D eigenvalue weighted by atomic mass is 16.5. The molecule has 0 aromatic carbocycles. The van der Waals surface area contributed by atoms with Crippen LogP contribution in [0.1, 0.15) is 30.1 Å². The molecule has 0 saturated heterocycles. The topological polar surface area (TPSA) is 64.1 Å². The van der Waals surface area contributed by atoms with Crippen LogP contribution in [0.15, 0.2) is 36.7 Å².